The van der Waals surface area contributed by atoms with Crippen molar-refractivity contribution >= 4 is 11.7 Å². The van der Waals surface area contributed by atoms with Crippen LogP contribution in [-0.4, -0.2) is 22.8 Å². The van der Waals surface area contributed by atoms with Crippen molar-refractivity contribution in [2.75, 3.05) is 12.4 Å². The van der Waals surface area contributed by atoms with E-state index in [1.165, 1.54) is 12.1 Å². The Morgan fingerprint density at radius 1 is 1.15 bits per heavy atom. The highest BCUT2D eigenvalue weighted by Crippen LogP contribution is 2.39. The van der Waals surface area contributed by atoms with E-state index in [4.69, 9.17) is 4.74 Å². The second kappa shape index (κ2) is 6.25. The lowest BCUT2D eigenvalue weighted by atomic mass is 9.87. The summed E-state index contributed by atoms with van der Waals surface area (Å²) in [6.07, 6.45) is 1.61. The number of methoxy groups -OCH3 is 1. The Kier molecular flexibility index (Phi) is 3.91. The van der Waals surface area contributed by atoms with Crippen molar-refractivity contribution in [1.82, 2.24) is 9.78 Å². The van der Waals surface area contributed by atoms with Crippen molar-refractivity contribution in [3.8, 4) is 11.4 Å². The van der Waals surface area contributed by atoms with Crippen molar-refractivity contribution in [3.63, 3.8) is 0 Å². The van der Waals surface area contributed by atoms with Crippen LogP contribution in [0.2, 0.25) is 0 Å². The molecule has 0 bridgehead atoms. The molecule has 1 aromatic heterocycles. The van der Waals surface area contributed by atoms with Gasteiger partial charge in [-0.05, 0) is 35.9 Å². The normalized spacial score (nSPS) is 16.1. The molecule has 0 fully saturated rings. The second-order valence-electron chi connectivity index (χ2n) is 6.01. The smallest absolute Gasteiger partial charge is 0.226 e. The molecular weight excluding hydrogens is 340 g/mol. The number of benzene rings is 2. The highest BCUT2D eigenvalue weighted by atomic mass is 19.2. The van der Waals surface area contributed by atoms with Gasteiger partial charge in [0.25, 0.3) is 0 Å². The average Bonchev–Trinajstić information content (AvgIpc) is 3.07. The molecule has 1 amide bonds. The number of nitrogens with one attached hydrogen (secondary N) is 1. The first kappa shape index (κ1) is 16.3. The summed E-state index contributed by atoms with van der Waals surface area (Å²) >= 11 is 0. The Balaban J connectivity index is 1.81. The number of carbonyl (C=O) groups is 1. The minimum atomic E-state index is -0.935. The highest BCUT2D eigenvalue weighted by molar-refractivity contribution is 5.94. The molecule has 2 aromatic carbocycles. The molecule has 1 N–H and O–H groups in total. The van der Waals surface area contributed by atoms with Crippen molar-refractivity contribution < 1.29 is 18.3 Å². The summed E-state index contributed by atoms with van der Waals surface area (Å²) in [6.45, 7) is 0. The molecular formula is C19H15F2N3O2. The maximum absolute atomic E-state index is 14.3. The van der Waals surface area contributed by atoms with Crippen molar-refractivity contribution in [2.24, 2.45) is 0 Å². The molecule has 4 rings (SSSR count). The SMILES string of the molecule is COc1ccc(-n2ncc3c2NC(=O)CC3c2cccc(F)c2F)cc1. The molecule has 1 aliphatic rings. The predicted molar refractivity (Wildman–Crippen MR) is 91.6 cm³/mol. The number of anilines is 1. The van der Waals surface area contributed by atoms with E-state index in [2.05, 4.69) is 10.4 Å². The fourth-order valence-electron chi connectivity index (χ4n) is 3.21. The third-order valence-electron chi connectivity index (χ3n) is 4.49. The molecule has 7 heteroatoms. The van der Waals surface area contributed by atoms with Gasteiger partial charge in [-0.1, -0.05) is 12.1 Å². The molecule has 1 aliphatic heterocycles. The molecule has 5 nitrogen and oxygen atoms in total. The van der Waals surface area contributed by atoms with E-state index in [-0.39, 0.29) is 17.9 Å². The summed E-state index contributed by atoms with van der Waals surface area (Å²) in [5.74, 6) is -1.59. The third kappa shape index (κ3) is 2.61. The molecule has 0 saturated heterocycles. The number of ether oxygens (including phenoxy) is 1. The molecule has 26 heavy (non-hydrogen) atoms. The molecule has 132 valence electrons. The van der Waals surface area contributed by atoms with Gasteiger partial charge in [0.2, 0.25) is 5.91 Å². The lowest BCUT2D eigenvalue weighted by molar-refractivity contribution is -0.116. The summed E-state index contributed by atoms with van der Waals surface area (Å²) in [5.41, 5.74) is 1.51. The first-order chi connectivity index (χ1) is 12.6. The van der Waals surface area contributed by atoms with Gasteiger partial charge in [0.15, 0.2) is 11.6 Å². The fourth-order valence-corrected chi connectivity index (χ4v) is 3.21. The zero-order valence-electron chi connectivity index (χ0n) is 13.9. The Labute approximate surface area is 148 Å². The molecule has 2 heterocycles. The Morgan fingerprint density at radius 3 is 2.65 bits per heavy atom. The maximum atomic E-state index is 14.3. The number of nitrogens with zero attached hydrogens (tertiary/aromatic N) is 2. The van der Waals surface area contributed by atoms with Crippen LogP contribution in [0.5, 0.6) is 5.75 Å². The lowest BCUT2D eigenvalue weighted by Gasteiger charge is -2.24. The van der Waals surface area contributed by atoms with Gasteiger partial charge >= 0.3 is 0 Å². The van der Waals surface area contributed by atoms with Gasteiger partial charge in [-0.25, -0.2) is 13.5 Å². The summed E-state index contributed by atoms with van der Waals surface area (Å²) < 4.78 is 34.6. The highest BCUT2D eigenvalue weighted by Gasteiger charge is 2.32. The van der Waals surface area contributed by atoms with Gasteiger partial charge < -0.3 is 10.1 Å². The number of fused-ring (bicyclic) bond motifs is 1. The maximum Gasteiger partial charge on any atom is 0.226 e. The summed E-state index contributed by atoms with van der Waals surface area (Å²) in [4.78, 5) is 12.2. The Hall–Kier alpha value is -3.22. The summed E-state index contributed by atoms with van der Waals surface area (Å²) in [7, 11) is 1.57. The van der Waals surface area contributed by atoms with Crippen LogP contribution in [0.25, 0.3) is 5.69 Å². The van der Waals surface area contributed by atoms with Crippen LogP contribution >= 0.6 is 0 Å². The Bertz CT molecular complexity index is 983. The Morgan fingerprint density at radius 2 is 1.92 bits per heavy atom. The summed E-state index contributed by atoms with van der Waals surface area (Å²) in [5, 5.41) is 7.11. The number of aromatic nitrogens is 2. The zero-order valence-corrected chi connectivity index (χ0v) is 13.9. The zero-order chi connectivity index (χ0) is 18.3. The number of halogens is 2. The molecule has 3 aromatic rings. The van der Waals surface area contributed by atoms with Crippen LogP contribution in [0.3, 0.4) is 0 Å². The fraction of sp³-hybridized carbons (Fsp3) is 0.158. The second-order valence-corrected chi connectivity index (χ2v) is 6.01. The molecule has 0 radical (unpaired) electrons. The van der Waals surface area contributed by atoms with E-state index in [0.717, 1.165) is 6.07 Å². The van der Waals surface area contributed by atoms with Crippen LogP contribution in [0.1, 0.15) is 23.5 Å². The molecule has 1 unspecified atom stereocenters. The number of carbonyl (C=O) groups excluding carboxylic acids is 1. The summed E-state index contributed by atoms with van der Waals surface area (Å²) in [6, 6.07) is 11.1. The van der Waals surface area contributed by atoms with Crippen LogP contribution in [0.15, 0.2) is 48.7 Å². The first-order valence-electron chi connectivity index (χ1n) is 8.04. The lowest BCUT2D eigenvalue weighted by Crippen LogP contribution is -2.25. The molecule has 0 aliphatic carbocycles. The van der Waals surface area contributed by atoms with Gasteiger partial charge in [0, 0.05) is 17.9 Å². The standard InChI is InChI=1S/C19H15F2N3O2/c1-26-12-7-5-11(6-8-12)24-19-15(10-22-24)14(9-17(25)23-19)13-3-2-4-16(20)18(13)21/h2-8,10,14H,9H2,1H3,(H,23,25). The van der Waals surface area contributed by atoms with E-state index in [1.807, 2.05) is 0 Å². The quantitative estimate of drug-likeness (QED) is 0.781. The molecule has 0 saturated carbocycles. The largest absolute Gasteiger partial charge is 0.497 e. The monoisotopic (exact) mass is 355 g/mol. The molecule has 1 atom stereocenters. The van der Waals surface area contributed by atoms with Crippen molar-refractivity contribution in [1.29, 1.82) is 0 Å². The number of hydrogen-bond donors (Lipinski definition) is 1. The van der Waals surface area contributed by atoms with Crippen molar-refractivity contribution in [3.05, 3.63) is 71.4 Å². The first-order valence-corrected chi connectivity index (χ1v) is 8.04. The van der Waals surface area contributed by atoms with Crippen molar-refractivity contribution in [2.45, 2.75) is 12.3 Å². The van der Waals surface area contributed by atoms with Crippen LogP contribution < -0.4 is 10.1 Å². The number of hydrogen-bond acceptors (Lipinski definition) is 3. The number of amides is 1. The third-order valence-corrected chi connectivity index (χ3v) is 4.49. The predicted octanol–water partition coefficient (Wildman–Crippen LogP) is 3.63. The van der Waals surface area contributed by atoms with E-state index in [1.54, 1.807) is 42.3 Å². The van der Waals surface area contributed by atoms with E-state index < -0.39 is 17.6 Å². The van der Waals surface area contributed by atoms with E-state index in [9.17, 15) is 13.6 Å². The average molecular weight is 355 g/mol. The van der Waals surface area contributed by atoms with E-state index >= 15 is 0 Å². The molecule has 0 spiro atoms. The minimum absolute atomic E-state index is 0.0294. The van der Waals surface area contributed by atoms with Gasteiger partial charge in [0.1, 0.15) is 11.6 Å². The van der Waals surface area contributed by atoms with Gasteiger partial charge in [-0.15, -0.1) is 0 Å². The van der Waals surface area contributed by atoms with Gasteiger partial charge in [0.05, 0.1) is 19.0 Å². The van der Waals surface area contributed by atoms with Gasteiger partial charge in [-0.2, -0.15) is 5.10 Å². The van der Waals surface area contributed by atoms with Crippen LogP contribution in [0.4, 0.5) is 14.6 Å². The van der Waals surface area contributed by atoms with Gasteiger partial charge in [-0.3, -0.25) is 4.79 Å². The van der Waals surface area contributed by atoms with Crippen LogP contribution in [0, 0.1) is 11.6 Å². The van der Waals surface area contributed by atoms with E-state index in [0.29, 0.717) is 22.8 Å². The minimum Gasteiger partial charge on any atom is -0.497 e. The van der Waals surface area contributed by atoms with Crippen LogP contribution in [-0.2, 0) is 4.79 Å². The number of rotatable bonds is 3. The topological polar surface area (TPSA) is 56.1 Å².